The molecule has 4 nitrogen and oxygen atoms in total. The third-order valence-electron chi connectivity index (χ3n) is 2.55. The van der Waals surface area contributed by atoms with Gasteiger partial charge >= 0.3 is 0 Å². The third kappa shape index (κ3) is 3.03. The lowest BCUT2D eigenvalue weighted by Gasteiger charge is -2.06. The van der Waals surface area contributed by atoms with E-state index in [1.165, 1.54) is 6.26 Å². The Balaban J connectivity index is 2.24. The zero-order valence-electron chi connectivity index (χ0n) is 10.4. The highest BCUT2D eigenvalue weighted by atomic mass is 16.3. The molecule has 0 fully saturated rings. The van der Waals surface area contributed by atoms with E-state index in [9.17, 15) is 4.79 Å². The number of nitrogens with one attached hydrogen (secondary N) is 1. The molecule has 2 aromatic rings. The first-order valence-electron chi connectivity index (χ1n) is 5.76. The van der Waals surface area contributed by atoms with Crippen LogP contribution in [0.1, 0.15) is 21.7 Å². The average Bonchev–Trinajstić information content (AvgIpc) is 2.84. The summed E-state index contributed by atoms with van der Waals surface area (Å²) < 4.78 is 5.13. The molecule has 0 aliphatic rings. The minimum atomic E-state index is -0.319. The van der Waals surface area contributed by atoms with Crippen LogP contribution >= 0.6 is 0 Å². The number of aliphatic hydroxyl groups excluding tert-OH is 1. The Kier molecular flexibility index (Phi) is 4.01. The Morgan fingerprint density at radius 3 is 2.84 bits per heavy atom. The largest absolute Gasteiger partial charge is 0.459 e. The lowest BCUT2D eigenvalue weighted by Crippen LogP contribution is -2.13. The van der Waals surface area contributed by atoms with E-state index in [0.717, 1.165) is 5.56 Å². The average molecular weight is 255 g/mol. The Bertz CT molecular complexity index is 647. The molecule has 0 saturated carbocycles. The quantitative estimate of drug-likeness (QED) is 0.808. The van der Waals surface area contributed by atoms with Gasteiger partial charge in [0.2, 0.25) is 0 Å². The van der Waals surface area contributed by atoms with Crippen LogP contribution in [0.3, 0.4) is 0 Å². The monoisotopic (exact) mass is 255 g/mol. The van der Waals surface area contributed by atoms with Gasteiger partial charge in [0.1, 0.15) is 6.61 Å². The molecule has 0 aliphatic heterocycles. The minimum Gasteiger partial charge on any atom is -0.459 e. The normalized spacial score (nSPS) is 9.58. The van der Waals surface area contributed by atoms with E-state index in [0.29, 0.717) is 11.3 Å². The summed E-state index contributed by atoms with van der Waals surface area (Å²) in [5, 5.41) is 11.5. The summed E-state index contributed by atoms with van der Waals surface area (Å²) in [5.74, 6) is 5.30. The van der Waals surface area contributed by atoms with Crippen molar-refractivity contribution in [2.75, 3.05) is 11.9 Å². The van der Waals surface area contributed by atoms with Crippen LogP contribution in [0.25, 0.3) is 0 Å². The maximum atomic E-state index is 12.0. The van der Waals surface area contributed by atoms with Crippen LogP contribution in [0.2, 0.25) is 0 Å². The Labute approximate surface area is 111 Å². The maximum Gasteiger partial charge on any atom is 0.291 e. The van der Waals surface area contributed by atoms with Crippen molar-refractivity contribution in [2.24, 2.45) is 0 Å². The van der Waals surface area contributed by atoms with Crippen LogP contribution in [-0.4, -0.2) is 17.6 Å². The SMILES string of the molecule is Cc1ccoc1C(=O)Nc1ccccc1C#CCO. The smallest absolute Gasteiger partial charge is 0.291 e. The summed E-state index contributed by atoms with van der Waals surface area (Å²) in [6.45, 7) is 1.58. The number of hydrogen-bond donors (Lipinski definition) is 2. The minimum absolute atomic E-state index is 0.223. The molecule has 1 amide bonds. The molecule has 0 atom stereocenters. The van der Waals surface area contributed by atoms with Crippen LogP contribution in [0, 0.1) is 18.8 Å². The number of anilines is 1. The maximum absolute atomic E-state index is 12.0. The number of furan rings is 1. The van der Waals surface area contributed by atoms with Crippen molar-refractivity contribution >= 4 is 11.6 Å². The van der Waals surface area contributed by atoms with Crippen molar-refractivity contribution in [3.05, 3.63) is 53.5 Å². The van der Waals surface area contributed by atoms with Gasteiger partial charge in [-0.1, -0.05) is 24.0 Å². The number of hydrogen-bond acceptors (Lipinski definition) is 3. The van der Waals surface area contributed by atoms with Crippen molar-refractivity contribution < 1.29 is 14.3 Å². The van der Waals surface area contributed by atoms with Crippen LogP contribution in [-0.2, 0) is 0 Å². The summed E-state index contributed by atoms with van der Waals surface area (Å²) in [4.78, 5) is 12.0. The van der Waals surface area contributed by atoms with E-state index in [2.05, 4.69) is 17.2 Å². The number of carbonyl (C=O) groups excluding carboxylic acids is 1. The summed E-state index contributed by atoms with van der Waals surface area (Å²) in [6, 6.07) is 8.86. The summed E-state index contributed by atoms with van der Waals surface area (Å²) >= 11 is 0. The van der Waals surface area contributed by atoms with Gasteiger partial charge in [-0.05, 0) is 25.1 Å². The van der Waals surface area contributed by atoms with Gasteiger partial charge in [0.15, 0.2) is 5.76 Å². The second-order valence-electron chi connectivity index (χ2n) is 3.89. The molecule has 1 aromatic carbocycles. The van der Waals surface area contributed by atoms with Gasteiger partial charge in [-0.25, -0.2) is 0 Å². The number of para-hydroxylation sites is 1. The highest BCUT2D eigenvalue weighted by Gasteiger charge is 2.13. The second kappa shape index (κ2) is 5.89. The highest BCUT2D eigenvalue weighted by Crippen LogP contribution is 2.16. The van der Waals surface area contributed by atoms with Crippen molar-refractivity contribution in [1.82, 2.24) is 0 Å². The Hall–Kier alpha value is -2.51. The van der Waals surface area contributed by atoms with Gasteiger partial charge < -0.3 is 14.8 Å². The molecule has 0 unspecified atom stereocenters. The van der Waals surface area contributed by atoms with Crippen LogP contribution in [0.4, 0.5) is 5.69 Å². The molecule has 96 valence electrons. The van der Waals surface area contributed by atoms with Gasteiger partial charge in [0.25, 0.3) is 5.91 Å². The lowest BCUT2D eigenvalue weighted by atomic mass is 10.1. The number of carbonyl (C=O) groups is 1. The summed E-state index contributed by atoms with van der Waals surface area (Å²) in [7, 11) is 0. The molecule has 1 heterocycles. The van der Waals surface area contributed by atoms with Crippen molar-refractivity contribution in [1.29, 1.82) is 0 Å². The van der Waals surface area contributed by atoms with Crippen LogP contribution in [0.5, 0.6) is 0 Å². The first-order valence-corrected chi connectivity index (χ1v) is 5.76. The zero-order chi connectivity index (χ0) is 13.7. The van der Waals surface area contributed by atoms with E-state index >= 15 is 0 Å². The molecular weight excluding hydrogens is 242 g/mol. The number of aryl methyl sites for hydroxylation is 1. The number of rotatable bonds is 2. The number of amides is 1. The van der Waals surface area contributed by atoms with E-state index in [-0.39, 0.29) is 18.3 Å². The molecule has 2 rings (SSSR count). The fraction of sp³-hybridized carbons (Fsp3) is 0.133. The van der Waals surface area contributed by atoms with Gasteiger partial charge in [-0.15, -0.1) is 0 Å². The van der Waals surface area contributed by atoms with E-state index in [4.69, 9.17) is 9.52 Å². The van der Waals surface area contributed by atoms with Gasteiger partial charge in [0.05, 0.1) is 12.0 Å². The lowest BCUT2D eigenvalue weighted by molar-refractivity contribution is 0.0996. The molecule has 0 spiro atoms. The number of benzene rings is 1. The van der Waals surface area contributed by atoms with Crippen molar-refractivity contribution in [3.8, 4) is 11.8 Å². The summed E-state index contributed by atoms with van der Waals surface area (Å²) in [5.41, 5.74) is 2.01. The fourth-order valence-electron chi connectivity index (χ4n) is 1.62. The van der Waals surface area contributed by atoms with Crippen molar-refractivity contribution in [3.63, 3.8) is 0 Å². The fourth-order valence-corrected chi connectivity index (χ4v) is 1.62. The van der Waals surface area contributed by atoms with E-state index < -0.39 is 0 Å². The predicted molar refractivity (Wildman–Crippen MR) is 71.8 cm³/mol. The van der Waals surface area contributed by atoms with Gasteiger partial charge in [-0.3, -0.25) is 4.79 Å². The van der Waals surface area contributed by atoms with Gasteiger partial charge in [-0.2, -0.15) is 0 Å². The highest BCUT2D eigenvalue weighted by molar-refractivity contribution is 6.03. The van der Waals surface area contributed by atoms with E-state index in [1.807, 2.05) is 6.07 Å². The Morgan fingerprint density at radius 1 is 1.37 bits per heavy atom. The molecule has 0 saturated heterocycles. The Morgan fingerprint density at radius 2 is 2.16 bits per heavy atom. The van der Waals surface area contributed by atoms with Crippen molar-refractivity contribution in [2.45, 2.75) is 6.92 Å². The zero-order valence-corrected chi connectivity index (χ0v) is 10.4. The number of aliphatic hydroxyl groups is 1. The summed E-state index contributed by atoms with van der Waals surface area (Å²) in [6.07, 6.45) is 1.47. The molecule has 19 heavy (non-hydrogen) atoms. The molecule has 0 bridgehead atoms. The van der Waals surface area contributed by atoms with Gasteiger partial charge in [0, 0.05) is 11.1 Å². The topological polar surface area (TPSA) is 62.5 Å². The standard InChI is InChI=1S/C15H13NO3/c1-11-8-10-19-14(11)15(18)16-13-7-3-2-5-12(13)6-4-9-17/h2-3,5,7-8,10,17H,9H2,1H3,(H,16,18). The predicted octanol–water partition coefficient (Wildman–Crippen LogP) is 2.18. The van der Waals surface area contributed by atoms with Crippen LogP contribution in [0.15, 0.2) is 41.0 Å². The molecular formula is C15H13NO3. The molecule has 0 aliphatic carbocycles. The first kappa shape index (κ1) is 12.9. The second-order valence-corrected chi connectivity index (χ2v) is 3.89. The molecule has 2 N–H and O–H groups in total. The van der Waals surface area contributed by atoms with Crippen LogP contribution < -0.4 is 5.32 Å². The first-order chi connectivity index (χ1) is 9.22. The van der Waals surface area contributed by atoms with E-state index in [1.54, 1.807) is 31.2 Å². The molecule has 1 aromatic heterocycles. The molecule has 0 radical (unpaired) electrons. The molecule has 4 heteroatoms. The third-order valence-corrected chi connectivity index (χ3v) is 2.55.